The van der Waals surface area contributed by atoms with Crippen LogP contribution in [0.15, 0.2) is 24.0 Å². The Morgan fingerprint density at radius 3 is 2.45 bits per heavy atom. The average Bonchev–Trinajstić information content (AvgIpc) is 3.25. The van der Waals surface area contributed by atoms with E-state index in [9.17, 15) is 42.9 Å². The van der Waals surface area contributed by atoms with Crippen molar-refractivity contribution in [2.75, 3.05) is 13.6 Å². The van der Waals surface area contributed by atoms with Crippen LogP contribution < -0.4 is 4.74 Å². The van der Waals surface area contributed by atoms with Crippen molar-refractivity contribution < 1.29 is 72.1 Å². The molecule has 1 aromatic rings. The molecule has 0 amide bonds. The molecule has 13 nitrogen and oxygen atoms in total. The molecule has 1 aromatic carbocycles. The smallest absolute Gasteiger partial charge is 0.490 e. The molecule has 0 radical (unpaired) electrons. The number of aliphatic hydroxyl groups is 2. The van der Waals surface area contributed by atoms with Gasteiger partial charge in [0, 0.05) is 18.0 Å². The molecule has 230 valence electrons. The van der Waals surface area contributed by atoms with E-state index < -0.39 is 65.8 Å². The summed E-state index contributed by atoms with van der Waals surface area (Å²) in [4.78, 5) is 46.4. The van der Waals surface area contributed by atoms with Crippen LogP contribution in [-0.2, 0) is 40.5 Å². The number of likely N-dealkylation sites (N-methyl/N-ethyl adjacent to an activating group) is 1. The van der Waals surface area contributed by atoms with Gasteiger partial charge in [-0.1, -0.05) is 6.07 Å². The Kier molecular flexibility index (Phi) is 7.94. The normalized spacial score (nSPS) is 28.5. The third-order valence-electron chi connectivity index (χ3n) is 8.10. The van der Waals surface area contributed by atoms with Gasteiger partial charge in [-0.15, -0.1) is 0 Å². The molecule has 0 aromatic heterocycles. The first kappa shape index (κ1) is 31.1. The number of phenols is 1. The van der Waals surface area contributed by atoms with Crippen LogP contribution in [0, 0.1) is 0 Å². The lowest BCUT2D eigenvalue weighted by atomic mass is 9.50. The number of rotatable bonds is 6. The Labute approximate surface area is 235 Å². The number of phenolic OH excluding ortho intramolecular Hbond substituents is 1. The largest absolute Gasteiger partial charge is 0.504 e. The number of esters is 2. The van der Waals surface area contributed by atoms with Gasteiger partial charge in [-0.2, -0.15) is 13.2 Å². The lowest BCUT2D eigenvalue weighted by Crippen LogP contribution is -2.74. The number of carboxylic acid groups (broad SMARTS) is 2. The van der Waals surface area contributed by atoms with Crippen LogP contribution in [0.3, 0.4) is 0 Å². The molecule has 1 fully saturated rings. The number of halogens is 3. The zero-order chi connectivity index (χ0) is 31.4. The third-order valence-corrected chi connectivity index (χ3v) is 8.10. The number of aromatic hydroxyl groups is 1. The van der Waals surface area contributed by atoms with Gasteiger partial charge >= 0.3 is 30.1 Å². The molecule has 2 aliphatic heterocycles. The molecule has 6 atom stereocenters. The summed E-state index contributed by atoms with van der Waals surface area (Å²) in [6, 6.07) is 3.16. The van der Waals surface area contributed by atoms with E-state index in [1.165, 1.54) is 0 Å². The van der Waals surface area contributed by atoms with Gasteiger partial charge in [0.2, 0.25) is 0 Å². The minimum absolute atomic E-state index is 0.0757. The van der Waals surface area contributed by atoms with Crippen LogP contribution in [0.4, 0.5) is 13.2 Å². The second kappa shape index (κ2) is 10.7. The molecule has 1 saturated heterocycles. The van der Waals surface area contributed by atoms with Crippen LogP contribution in [-0.4, -0.2) is 104 Å². The Balaban J connectivity index is 0.000000517. The number of alkyl halides is 3. The summed E-state index contributed by atoms with van der Waals surface area (Å²) in [5.74, 6) is -6.07. The Morgan fingerprint density at radius 2 is 1.86 bits per heavy atom. The van der Waals surface area contributed by atoms with Crippen molar-refractivity contribution in [2.45, 2.75) is 74.2 Å². The summed E-state index contributed by atoms with van der Waals surface area (Å²) in [7, 11) is 1.95. The zero-order valence-electron chi connectivity index (χ0n) is 22.3. The predicted molar refractivity (Wildman–Crippen MR) is 130 cm³/mol. The number of carbonyl (C=O) groups excluding carboxylic acids is 2. The van der Waals surface area contributed by atoms with Gasteiger partial charge in [-0.25, -0.2) is 14.4 Å². The fourth-order valence-corrected chi connectivity index (χ4v) is 6.16. The standard InChI is InChI=1S/C24H27NO10.C2HF3O2/c1-11(21(29)30)33-17(28)10-14(27)22(31)34-15-5-6-24(32)16-9-12-3-4-13(26)19-18(12)23(24,20(15)35-19)7-8-25(16)2;3-2(4,5)1(6)7/h3-5,11,14,16,20,26-27,32H,6-10H2,1-2H3,(H,29,30);(H,6,7)/t11?,14?,16-,20+,23+,24-;/m1./s1. The van der Waals surface area contributed by atoms with Gasteiger partial charge in [0.1, 0.15) is 5.76 Å². The van der Waals surface area contributed by atoms with E-state index in [2.05, 4.69) is 9.64 Å². The van der Waals surface area contributed by atoms with Gasteiger partial charge in [0.05, 0.1) is 17.4 Å². The molecule has 2 bridgehead atoms. The number of nitrogens with zero attached hydrogens (tertiary/aromatic N) is 1. The van der Waals surface area contributed by atoms with Gasteiger partial charge in [0.15, 0.2) is 29.8 Å². The number of ether oxygens (including phenoxy) is 3. The van der Waals surface area contributed by atoms with E-state index in [0.29, 0.717) is 19.4 Å². The maximum absolute atomic E-state index is 12.6. The molecule has 2 aliphatic carbocycles. The van der Waals surface area contributed by atoms with Gasteiger partial charge in [0.25, 0.3) is 0 Å². The van der Waals surface area contributed by atoms with E-state index in [1.807, 2.05) is 13.1 Å². The van der Waals surface area contributed by atoms with Crippen molar-refractivity contribution in [1.82, 2.24) is 4.90 Å². The van der Waals surface area contributed by atoms with Crippen molar-refractivity contribution >= 4 is 23.9 Å². The van der Waals surface area contributed by atoms with Crippen LogP contribution in [0.1, 0.15) is 37.3 Å². The molecule has 2 heterocycles. The number of aliphatic hydroxyl groups excluding tert-OH is 1. The predicted octanol–water partition coefficient (Wildman–Crippen LogP) is 0.614. The number of benzene rings is 1. The molecule has 16 heteroatoms. The molecule has 5 rings (SSSR count). The van der Waals surface area contributed by atoms with Gasteiger partial charge < -0.3 is 44.6 Å². The summed E-state index contributed by atoms with van der Waals surface area (Å²) >= 11 is 0. The lowest BCUT2D eigenvalue weighted by Gasteiger charge is -2.61. The lowest BCUT2D eigenvalue weighted by molar-refractivity contribution is -0.192. The van der Waals surface area contributed by atoms with Crippen molar-refractivity contribution in [2.24, 2.45) is 0 Å². The van der Waals surface area contributed by atoms with Crippen molar-refractivity contribution in [3.05, 3.63) is 35.1 Å². The Bertz CT molecular complexity index is 1350. The minimum atomic E-state index is -5.08. The topological polar surface area (TPSA) is 200 Å². The second-order valence-electron chi connectivity index (χ2n) is 10.5. The van der Waals surface area contributed by atoms with Crippen molar-refractivity contribution in [3.63, 3.8) is 0 Å². The molecule has 1 spiro atoms. The van der Waals surface area contributed by atoms with E-state index >= 15 is 0 Å². The summed E-state index contributed by atoms with van der Waals surface area (Å²) in [5, 5.41) is 48.7. The zero-order valence-corrected chi connectivity index (χ0v) is 22.3. The van der Waals surface area contributed by atoms with Gasteiger partial charge in [-0.3, -0.25) is 4.79 Å². The van der Waals surface area contributed by atoms with Crippen molar-refractivity contribution in [3.8, 4) is 11.5 Å². The molecule has 4 aliphatic rings. The highest BCUT2D eigenvalue weighted by Gasteiger charge is 2.72. The number of hydrogen-bond acceptors (Lipinski definition) is 11. The summed E-state index contributed by atoms with van der Waals surface area (Å²) in [5.41, 5.74) is -0.522. The number of likely N-dealkylation sites (tertiary alicyclic amines) is 1. The third kappa shape index (κ3) is 5.03. The van der Waals surface area contributed by atoms with E-state index in [4.69, 9.17) is 24.5 Å². The molecule has 42 heavy (non-hydrogen) atoms. The fourth-order valence-electron chi connectivity index (χ4n) is 6.16. The van der Waals surface area contributed by atoms with Crippen LogP contribution in [0.25, 0.3) is 0 Å². The summed E-state index contributed by atoms with van der Waals surface area (Å²) < 4.78 is 48.0. The number of carboxylic acids is 2. The molecular formula is C26H28F3NO12. The Hall–Kier alpha value is -3.89. The second-order valence-corrected chi connectivity index (χ2v) is 10.5. The first-order chi connectivity index (χ1) is 19.4. The molecular weight excluding hydrogens is 575 g/mol. The molecule has 0 saturated carbocycles. The molecule has 5 N–H and O–H groups in total. The Morgan fingerprint density at radius 1 is 1.21 bits per heavy atom. The number of carbonyl (C=O) groups is 4. The summed E-state index contributed by atoms with van der Waals surface area (Å²) in [6.07, 6.45) is -7.34. The van der Waals surface area contributed by atoms with Crippen LogP contribution in [0.5, 0.6) is 11.5 Å². The maximum atomic E-state index is 12.6. The van der Waals surface area contributed by atoms with Gasteiger partial charge in [-0.05, 0) is 51.1 Å². The van der Waals surface area contributed by atoms with Crippen molar-refractivity contribution in [1.29, 1.82) is 0 Å². The summed E-state index contributed by atoms with van der Waals surface area (Å²) in [6.45, 7) is 1.80. The minimum Gasteiger partial charge on any atom is -0.504 e. The average molecular weight is 603 g/mol. The number of hydrogen-bond donors (Lipinski definition) is 5. The SMILES string of the molecule is CC(OC(=O)CC(O)C(=O)OC1=CC[C@@]2(O)[C@H]3Cc4ccc(O)c5c4[C@@]2(CCN3C)[C@H]1O5)C(=O)O.O=C(O)C(F)(F)F. The number of piperidine rings is 1. The van der Waals surface area contributed by atoms with Crippen LogP contribution in [0.2, 0.25) is 0 Å². The van der Waals surface area contributed by atoms with E-state index in [-0.39, 0.29) is 29.7 Å². The first-order valence-electron chi connectivity index (χ1n) is 12.7. The monoisotopic (exact) mass is 603 g/mol. The first-order valence-corrected chi connectivity index (χ1v) is 12.7. The van der Waals surface area contributed by atoms with E-state index in [1.54, 1.807) is 12.1 Å². The number of aliphatic carboxylic acids is 2. The highest BCUT2D eigenvalue weighted by Crippen LogP contribution is 2.65. The molecule has 2 unspecified atom stereocenters. The van der Waals surface area contributed by atoms with E-state index in [0.717, 1.165) is 18.1 Å². The quantitative estimate of drug-likeness (QED) is 0.284. The highest BCUT2D eigenvalue weighted by molar-refractivity contribution is 5.84. The van der Waals surface area contributed by atoms with Crippen LogP contribution >= 0.6 is 0 Å². The fraction of sp³-hybridized carbons (Fsp3) is 0.538. The highest BCUT2D eigenvalue weighted by atomic mass is 19.4. The maximum Gasteiger partial charge on any atom is 0.490 e.